The van der Waals surface area contributed by atoms with Gasteiger partial charge in [0.2, 0.25) is 5.91 Å². The van der Waals surface area contributed by atoms with E-state index in [-0.39, 0.29) is 11.8 Å². The lowest BCUT2D eigenvalue weighted by Gasteiger charge is -2.15. The maximum atomic E-state index is 12.4. The molecule has 2 amide bonds. The molecule has 0 saturated carbocycles. The number of amides is 2. The van der Waals surface area contributed by atoms with Crippen molar-refractivity contribution in [2.75, 3.05) is 19.6 Å². The van der Waals surface area contributed by atoms with Gasteiger partial charge in [0.15, 0.2) is 0 Å². The lowest BCUT2D eigenvalue weighted by atomic mass is 10.1. The summed E-state index contributed by atoms with van der Waals surface area (Å²) in [4.78, 5) is 26.5. The van der Waals surface area contributed by atoms with Crippen molar-refractivity contribution in [3.63, 3.8) is 0 Å². The van der Waals surface area contributed by atoms with Gasteiger partial charge in [0.05, 0.1) is 4.88 Å². The van der Waals surface area contributed by atoms with Gasteiger partial charge in [0.1, 0.15) is 0 Å². The third kappa shape index (κ3) is 3.79. The Hall–Kier alpha value is -2.14. The molecule has 0 radical (unpaired) electrons. The van der Waals surface area contributed by atoms with E-state index in [9.17, 15) is 9.59 Å². The fraction of sp³-hybridized carbons (Fsp3) is 0.333. The number of benzene rings is 1. The van der Waals surface area contributed by atoms with Crippen LogP contribution in [0.4, 0.5) is 0 Å². The average molecular weight is 328 g/mol. The quantitative estimate of drug-likeness (QED) is 0.828. The van der Waals surface area contributed by atoms with Crippen molar-refractivity contribution in [2.45, 2.75) is 19.3 Å². The molecule has 1 aromatic heterocycles. The number of nitrogens with zero attached hydrogens (tertiary/aromatic N) is 1. The Bertz CT molecular complexity index is 681. The molecule has 1 fully saturated rings. The van der Waals surface area contributed by atoms with Gasteiger partial charge in [-0.3, -0.25) is 9.59 Å². The highest BCUT2D eigenvalue weighted by atomic mass is 32.1. The zero-order valence-corrected chi connectivity index (χ0v) is 13.8. The van der Waals surface area contributed by atoms with Crippen LogP contribution < -0.4 is 5.32 Å². The van der Waals surface area contributed by atoms with Crippen LogP contribution >= 0.6 is 11.3 Å². The summed E-state index contributed by atoms with van der Waals surface area (Å²) in [7, 11) is 0. The van der Waals surface area contributed by atoms with Gasteiger partial charge in [0.25, 0.3) is 5.91 Å². The molecule has 1 aliphatic rings. The highest BCUT2D eigenvalue weighted by Gasteiger charge is 2.19. The molecular weight excluding hydrogens is 308 g/mol. The molecule has 0 atom stereocenters. The van der Waals surface area contributed by atoms with Crippen LogP contribution in [0.3, 0.4) is 0 Å². The molecule has 5 heteroatoms. The molecule has 120 valence electrons. The number of nitrogens with one attached hydrogen (secondary N) is 1. The molecule has 3 rings (SSSR count). The van der Waals surface area contributed by atoms with Crippen LogP contribution in [0.5, 0.6) is 0 Å². The molecule has 1 aromatic carbocycles. The maximum absolute atomic E-state index is 12.4. The zero-order valence-electron chi connectivity index (χ0n) is 13.0. The van der Waals surface area contributed by atoms with Crippen molar-refractivity contribution in [2.24, 2.45) is 0 Å². The summed E-state index contributed by atoms with van der Waals surface area (Å²) in [6.07, 6.45) is 2.42. The summed E-state index contributed by atoms with van der Waals surface area (Å²) in [6.45, 7) is 2.18. The molecular formula is C18H20N2O2S. The monoisotopic (exact) mass is 328 g/mol. The van der Waals surface area contributed by atoms with E-state index in [1.807, 2.05) is 46.7 Å². The molecule has 2 aromatic rings. The van der Waals surface area contributed by atoms with Gasteiger partial charge >= 0.3 is 0 Å². The first kappa shape index (κ1) is 15.7. The van der Waals surface area contributed by atoms with Crippen LogP contribution in [0.1, 0.15) is 28.9 Å². The molecule has 1 aliphatic heterocycles. The topological polar surface area (TPSA) is 49.4 Å². The lowest BCUT2D eigenvalue weighted by molar-refractivity contribution is -0.127. The minimum atomic E-state index is -0.0356. The largest absolute Gasteiger partial charge is 0.351 e. The van der Waals surface area contributed by atoms with Crippen LogP contribution in [0.15, 0.2) is 41.8 Å². The van der Waals surface area contributed by atoms with Crippen molar-refractivity contribution in [1.29, 1.82) is 0 Å². The predicted molar refractivity (Wildman–Crippen MR) is 92.5 cm³/mol. The summed E-state index contributed by atoms with van der Waals surface area (Å²) >= 11 is 1.46. The van der Waals surface area contributed by atoms with E-state index in [0.29, 0.717) is 13.0 Å². The Labute approximate surface area is 140 Å². The minimum absolute atomic E-state index is 0.0356. The zero-order chi connectivity index (χ0) is 16.1. The first-order valence-electron chi connectivity index (χ1n) is 7.94. The van der Waals surface area contributed by atoms with Crippen molar-refractivity contribution >= 4 is 23.2 Å². The summed E-state index contributed by atoms with van der Waals surface area (Å²) in [6, 6.07) is 11.9. The summed E-state index contributed by atoms with van der Waals surface area (Å²) in [5.74, 6) is 0.201. The van der Waals surface area contributed by atoms with Gasteiger partial charge in [-0.15, -0.1) is 11.3 Å². The molecule has 0 unspecified atom stereocenters. The second kappa shape index (κ2) is 7.42. The second-order valence-electron chi connectivity index (χ2n) is 5.62. The molecule has 1 saturated heterocycles. The van der Waals surface area contributed by atoms with E-state index in [2.05, 4.69) is 5.32 Å². The average Bonchev–Trinajstić information content (AvgIpc) is 3.21. The second-order valence-corrected chi connectivity index (χ2v) is 6.54. The van der Waals surface area contributed by atoms with E-state index in [1.54, 1.807) is 0 Å². The Morgan fingerprint density at radius 2 is 2.04 bits per heavy atom. The van der Waals surface area contributed by atoms with Crippen LogP contribution in [-0.4, -0.2) is 36.3 Å². The Morgan fingerprint density at radius 3 is 2.78 bits per heavy atom. The van der Waals surface area contributed by atoms with Crippen LogP contribution in [-0.2, 0) is 4.79 Å². The van der Waals surface area contributed by atoms with Crippen molar-refractivity contribution in [3.05, 3.63) is 46.7 Å². The predicted octanol–water partition coefficient (Wildman–Crippen LogP) is 3.16. The van der Waals surface area contributed by atoms with Crippen LogP contribution in [0.2, 0.25) is 0 Å². The molecule has 0 bridgehead atoms. The van der Waals surface area contributed by atoms with Gasteiger partial charge in [-0.05, 0) is 29.9 Å². The van der Waals surface area contributed by atoms with Gasteiger partial charge in [0, 0.05) is 31.6 Å². The van der Waals surface area contributed by atoms with E-state index >= 15 is 0 Å². The van der Waals surface area contributed by atoms with Gasteiger partial charge in [-0.1, -0.05) is 30.3 Å². The third-order valence-corrected chi connectivity index (χ3v) is 4.93. The van der Waals surface area contributed by atoms with Crippen LogP contribution in [0, 0.1) is 0 Å². The number of hydrogen-bond donors (Lipinski definition) is 1. The normalized spacial score (nSPS) is 14.3. The fourth-order valence-corrected chi connectivity index (χ4v) is 3.65. The molecule has 0 spiro atoms. The summed E-state index contributed by atoms with van der Waals surface area (Å²) in [5, 5.41) is 4.91. The number of carbonyl (C=O) groups is 2. The summed E-state index contributed by atoms with van der Waals surface area (Å²) < 4.78 is 0. The number of hydrogen-bond acceptors (Lipinski definition) is 3. The van der Waals surface area contributed by atoms with Crippen LogP contribution in [0.25, 0.3) is 11.1 Å². The number of likely N-dealkylation sites (tertiary alicyclic amines) is 1. The lowest BCUT2D eigenvalue weighted by Crippen LogP contribution is -2.30. The highest BCUT2D eigenvalue weighted by molar-refractivity contribution is 7.12. The van der Waals surface area contributed by atoms with E-state index in [1.165, 1.54) is 11.3 Å². The first-order chi connectivity index (χ1) is 11.3. The third-order valence-electron chi connectivity index (χ3n) is 4.02. The number of rotatable bonds is 6. The Balaban J connectivity index is 1.53. The van der Waals surface area contributed by atoms with E-state index < -0.39 is 0 Å². The molecule has 4 nitrogen and oxygen atoms in total. The van der Waals surface area contributed by atoms with E-state index in [0.717, 1.165) is 41.9 Å². The molecule has 1 N–H and O–H groups in total. The SMILES string of the molecule is O=C(NCCCN1CCCC1=O)c1sccc1-c1ccccc1. The first-order valence-corrected chi connectivity index (χ1v) is 8.82. The van der Waals surface area contributed by atoms with E-state index in [4.69, 9.17) is 0 Å². The summed E-state index contributed by atoms with van der Waals surface area (Å²) in [5.41, 5.74) is 2.03. The maximum Gasteiger partial charge on any atom is 0.261 e. The minimum Gasteiger partial charge on any atom is -0.351 e. The molecule has 0 aliphatic carbocycles. The van der Waals surface area contributed by atoms with Gasteiger partial charge in [-0.2, -0.15) is 0 Å². The molecule has 2 heterocycles. The van der Waals surface area contributed by atoms with Gasteiger partial charge in [-0.25, -0.2) is 0 Å². The number of carbonyl (C=O) groups excluding carboxylic acids is 2. The smallest absolute Gasteiger partial charge is 0.261 e. The standard InChI is InChI=1S/C18H20N2O2S/c21-16-8-4-11-20(16)12-5-10-19-18(22)17-15(9-13-23-17)14-6-2-1-3-7-14/h1-3,6-7,9,13H,4-5,8,10-12H2,(H,19,22). The Kier molecular flexibility index (Phi) is 5.08. The molecule has 23 heavy (non-hydrogen) atoms. The highest BCUT2D eigenvalue weighted by Crippen LogP contribution is 2.27. The van der Waals surface area contributed by atoms with Crippen molar-refractivity contribution in [3.8, 4) is 11.1 Å². The number of thiophene rings is 1. The van der Waals surface area contributed by atoms with Gasteiger partial charge < -0.3 is 10.2 Å². The fourth-order valence-electron chi connectivity index (χ4n) is 2.82. The Morgan fingerprint density at radius 1 is 1.22 bits per heavy atom. The van der Waals surface area contributed by atoms with Crippen molar-refractivity contribution < 1.29 is 9.59 Å². The van der Waals surface area contributed by atoms with Crippen molar-refractivity contribution in [1.82, 2.24) is 10.2 Å².